The molecule has 34 heavy (non-hydrogen) atoms. The van der Waals surface area contributed by atoms with Crippen LogP contribution >= 0.6 is 0 Å². The van der Waals surface area contributed by atoms with Crippen LogP contribution in [0.2, 0.25) is 0 Å². The van der Waals surface area contributed by atoms with Gasteiger partial charge in [-0.25, -0.2) is 8.78 Å². The summed E-state index contributed by atoms with van der Waals surface area (Å²) >= 11 is 0. The molecule has 0 saturated heterocycles. The molecule has 0 amide bonds. The smallest absolute Gasteiger partial charge is 0.129 e. The third kappa shape index (κ3) is 6.73. The fourth-order valence-electron chi connectivity index (χ4n) is 7.71. The molecule has 3 saturated carbocycles. The quantitative estimate of drug-likeness (QED) is 0.236. The van der Waals surface area contributed by atoms with E-state index in [-0.39, 0.29) is 12.0 Å². The van der Waals surface area contributed by atoms with Gasteiger partial charge in [-0.2, -0.15) is 0 Å². The van der Waals surface area contributed by atoms with Crippen molar-refractivity contribution < 1.29 is 8.78 Å². The molecule has 0 heterocycles. The lowest BCUT2D eigenvalue weighted by Crippen LogP contribution is -2.31. The maximum absolute atomic E-state index is 14.5. The maximum atomic E-state index is 14.5. The Morgan fingerprint density at radius 1 is 0.765 bits per heavy atom. The first kappa shape index (κ1) is 25.9. The molecular formula is C32H48F2. The highest BCUT2D eigenvalue weighted by Crippen LogP contribution is 2.49. The summed E-state index contributed by atoms with van der Waals surface area (Å²) in [6, 6.07) is 3.22. The second kappa shape index (κ2) is 12.7. The largest absolute Gasteiger partial charge is 0.207 e. The van der Waals surface area contributed by atoms with Crippen molar-refractivity contribution in [2.24, 2.45) is 29.6 Å². The standard InChI is InChI=1S/C32H48F2/c1-3-5-6-8-23-9-11-24(12-10-23)13-14-25-15-16-27-20-28(18-17-26(27)19-25)29-21-31(33)30(7-4-2)32(34)22-29/h4,21-28H,2-3,5-20H2,1H3. The highest BCUT2D eigenvalue weighted by atomic mass is 19.1. The van der Waals surface area contributed by atoms with E-state index in [1.54, 1.807) is 18.2 Å². The fraction of sp³-hybridized carbons (Fsp3) is 0.750. The molecule has 0 radical (unpaired) electrons. The number of halogens is 2. The lowest BCUT2D eigenvalue weighted by molar-refractivity contribution is 0.108. The van der Waals surface area contributed by atoms with Crippen LogP contribution in [0, 0.1) is 41.2 Å². The maximum Gasteiger partial charge on any atom is 0.129 e. The first-order chi connectivity index (χ1) is 16.6. The van der Waals surface area contributed by atoms with Gasteiger partial charge in [0.05, 0.1) is 0 Å². The lowest BCUT2D eigenvalue weighted by atomic mass is 9.63. The Bertz CT molecular complexity index is 752. The summed E-state index contributed by atoms with van der Waals surface area (Å²) in [5.74, 6) is 4.08. The average Bonchev–Trinajstić information content (AvgIpc) is 2.85. The summed E-state index contributed by atoms with van der Waals surface area (Å²) in [7, 11) is 0. The van der Waals surface area contributed by atoms with Gasteiger partial charge in [-0.1, -0.05) is 83.6 Å². The molecule has 4 unspecified atom stereocenters. The minimum atomic E-state index is -0.393. The van der Waals surface area contributed by atoms with Crippen molar-refractivity contribution in [1.29, 1.82) is 0 Å². The highest BCUT2D eigenvalue weighted by molar-refractivity contribution is 5.30. The van der Waals surface area contributed by atoms with Crippen LogP contribution in [-0.2, 0) is 6.42 Å². The molecule has 0 spiro atoms. The third-order valence-electron chi connectivity index (χ3n) is 9.87. The molecule has 0 aromatic heterocycles. The minimum absolute atomic E-state index is 0.165. The molecule has 1 aromatic carbocycles. The van der Waals surface area contributed by atoms with E-state index in [0.29, 0.717) is 5.92 Å². The van der Waals surface area contributed by atoms with Crippen molar-refractivity contribution in [3.05, 3.63) is 47.5 Å². The van der Waals surface area contributed by atoms with Gasteiger partial charge in [0.25, 0.3) is 0 Å². The van der Waals surface area contributed by atoms with Gasteiger partial charge in [-0.15, -0.1) is 6.58 Å². The number of benzene rings is 1. The van der Waals surface area contributed by atoms with Crippen LogP contribution in [0.15, 0.2) is 24.8 Å². The Hall–Kier alpha value is -1.18. The van der Waals surface area contributed by atoms with E-state index in [0.717, 1.165) is 48.0 Å². The Morgan fingerprint density at radius 3 is 2.03 bits per heavy atom. The van der Waals surface area contributed by atoms with Crippen LogP contribution in [-0.4, -0.2) is 0 Å². The van der Waals surface area contributed by atoms with Crippen LogP contribution < -0.4 is 0 Å². The first-order valence-corrected chi connectivity index (χ1v) is 14.7. The van der Waals surface area contributed by atoms with Crippen LogP contribution in [0.5, 0.6) is 0 Å². The second-order valence-electron chi connectivity index (χ2n) is 12.1. The van der Waals surface area contributed by atoms with Crippen LogP contribution in [0.3, 0.4) is 0 Å². The zero-order chi connectivity index (χ0) is 23.9. The number of allylic oxidation sites excluding steroid dienone is 1. The van der Waals surface area contributed by atoms with Gasteiger partial charge in [0.2, 0.25) is 0 Å². The summed E-state index contributed by atoms with van der Waals surface area (Å²) in [5.41, 5.74) is 1.05. The fourth-order valence-corrected chi connectivity index (χ4v) is 7.71. The molecule has 0 bridgehead atoms. The van der Waals surface area contributed by atoms with Crippen LogP contribution in [0.25, 0.3) is 0 Å². The Labute approximate surface area is 208 Å². The Kier molecular flexibility index (Phi) is 9.66. The topological polar surface area (TPSA) is 0 Å². The normalized spacial score (nSPS) is 31.7. The molecule has 0 N–H and O–H groups in total. The van der Waals surface area contributed by atoms with E-state index in [1.165, 1.54) is 89.9 Å². The van der Waals surface area contributed by atoms with E-state index < -0.39 is 11.6 Å². The van der Waals surface area contributed by atoms with Crippen molar-refractivity contribution in [1.82, 2.24) is 0 Å². The van der Waals surface area contributed by atoms with E-state index in [2.05, 4.69) is 13.5 Å². The molecule has 190 valence electrons. The predicted octanol–water partition coefficient (Wildman–Crippen LogP) is 10.2. The summed E-state index contributed by atoms with van der Waals surface area (Å²) in [4.78, 5) is 0. The first-order valence-electron chi connectivity index (χ1n) is 14.7. The SMILES string of the molecule is C=CCc1c(F)cc(C2CCC3CC(CCC4CCC(CCCCC)CC4)CCC3C2)cc1F. The van der Waals surface area contributed by atoms with Gasteiger partial charge in [0, 0.05) is 5.56 Å². The minimum Gasteiger partial charge on any atom is -0.207 e. The zero-order valence-electron chi connectivity index (χ0n) is 21.7. The molecule has 4 atom stereocenters. The van der Waals surface area contributed by atoms with Crippen LogP contribution in [0.1, 0.15) is 127 Å². The molecule has 1 aromatic rings. The van der Waals surface area contributed by atoms with E-state index in [9.17, 15) is 8.78 Å². The predicted molar refractivity (Wildman–Crippen MR) is 140 cm³/mol. The number of hydrogen-bond acceptors (Lipinski definition) is 0. The Balaban J connectivity index is 1.20. The summed E-state index contributed by atoms with van der Waals surface area (Å²) in [5, 5.41) is 0. The van der Waals surface area contributed by atoms with Crippen LogP contribution in [0.4, 0.5) is 8.78 Å². The lowest BCUT2D eigenvalue weighted by Gasteiger charge is -2.43. The number of fused-ring (bicyclic) bond motifs is 1. The highest BCUT2D eigenvalue weighted by Gasteiger charge is 2.36. The van der Waals surface area contributed by atoms with Gasteiger partial charge >= 0.3 is 0 Å². The van der Waals surface area contributed by atoms with Crippen molar-refractivity contribution in [3.8, 4) is 0 Å². The molecule has 2 heteroatoms. The molecule has 4 rings (SSSR count). The average molecular weight is 471 g/mol. The monoisotopic (exact) mass is 470 g/mol. The summed E-state index contributed by atoms with van der Waals surface area (Å²) in [6.07, 6.45) is 23.9. The van der Waals surface area contributed by atoms with Crippen molar-refractivity contribution >= 4 is 0 Å². The molecule has 0 nitrogen and oxygen atoms in total. The van der Waals surface area contributed by atoms with Gasteiger partial charge in [-0.05, 0) is 91.7 Å². The molecular weight excluding hydrogens is 422 g/mol. The third-order valence-corrected chi connectivity index (χ3v) is 9.87. The van der Waals surface area contributed by atoms with Gasteiger partial charge in [-0.3, -0.25) is 0 Å². The van der Waals surface area contributed by atoms with Crippen molar-refractivity contribution in [3.63, 3.8) is 0 Å². The van der Waals surface area contributed by atoms with Crippen molar-refractivity contribution in [2.45, 2.75) is 122 Å². The van der Waals surface area contributed by atoms with Gasteiger partial charge < -0.3 is 0 Å². The zero-order valence-corrected chi connectivity index (χ0v) is 21.7. The number of rotatable bonds is 10. The summed E-state index contributed by atoms with van der Waals surface area (Å²) in [6.45, 7) is 5.93. The number of hydrogen-bond donors (Lipinski definition) is 0. The second-order valence-corrected chi connectivity index (χ2v) is 12.1. The van der Waals surface area contributed by atoms with Gasteiger partial charge in [0.1, 0.15) is 11.6 Å². The van der Waals surface area contributed by atoms with Crippen molar-refractivity contribution in [2.75, 3.05) is 0 Å². The van der Waals surface area contributed by atoms with E-state index >= 15 is 0 Å². The molecule has 3 aliphatic rings. The molecule has 0 aliphatic heterocycles. The van der Waals surface area contributed by atoms with E-state index in [4.69, 9.17) is 0 Å². The molecule has 3 aliphatic carbocycles. The molecule has 3 fully saturated rings. The Morgan fingerprint density at radius 2 is 1.35 bits per heavy atom. The van der Waals surface area contributed by atoms with E-state index in [1.807, 2.05) is 0 Å². The summed E-state index contributed by atoms with van der Waals surface area (Å²) < 4.78 is 29.0. The van der Waals surface area contributed by atoms with Gasteiger partial charge in [0.15, 0.2) is 0 Å². The number of unbranched alkanes of at least 4 members (excludes halogenated alkanes) is 2.